The second kappa shape index (κ2) is 10.8. The Bertz CT molecular complexity index is 492. The molecule has 0 aliphatic heterocycles. The van der Waals surface area contributed by atoms with Crippen LogP contribution in [0.2, 0.25) is 0 Å². The summed E-state index contributed by atoms with van der Waals surface area (Å²) in [7, 11) is 0. The maximum Gasteiger partial charge on any atom is 0.232 e. The van der Waals surface area contributed by atoms with Crippen LogP contribution < -0.4 is 10.6 Å². The Balaban J connectivity index is 1.55. The molecule has 0 saturated heterocycles. The van der Waals surface area contributed by atoms with Gasteiger partial charge in [0.1, 0.15) is 0 Å². The van der Waals surface area contributed by atoms with E-state index >= 15 is 0 Å². The molecule has 2 aliphatic carbocycles. The molecule has 2 atom stereocenters. The highest BCUT2D eigenvalue weighted by Crippen LogP contribution is 2.30. The summed E-state index contributed by atoms with van der Waals surface area (Å²) >= 11 is 5.29. The van der Waals surface area contributed by atoms with Gasteiger partial charge in [0.05, 0.1) is 12.1 Å². The summed E-state index contributed by atoms with van der Waals surface area (Å²) in [5, 5.41) is 17.9. The van der Waals surface area contributed by atoms with Gasteiger partial charge in [0.25, 0.3) is 0 Å². The van der Waals surface area contributed by atoms with Crippen molar-refractivity contribution in [2.45, 2.75) is 82.9 Å². The summed E-state index contributed by atoms with van der Waals surface area (Å²) in [6.45, 7) is 7.63. The fraction of sp³-hybridized carbons (Fsp3) is 0.842. The fourth-order valence-electron chi connectivity index (χ4n) is 4.00. The van der Waals surface area contributed by atoms with E-state index in [9.17, 15) is 10.1 Å². The molecule has 2 fully saturated rings. The van der Waals surface area contributed by atoms with Crippen LogP contribution in [0.1, 0.15) is 64.7 Å². The third kappa shape index (κ3) is 6.83. The molecule has 26 heavy (non-hydrogen) atoms. The standard InChI is InChI=1S/C19H33N3O3S/c1-14(2)15-8-10-16(11-9-15)25-13-5-12-20-19(26)21-17-6-3-4-7-18(17)22(23)24/h15-18H,1,3-13H2,2H3,(H2,20,21,26). The molecule has 0 aromatic carbocycles. The number of ether oxygens (including phenoxy) is 1. The monoisotopic (exact) mass is 383 g/mol. The number of hydrogen-bond acceptors (Lipinski definition) is 4. The van der Waals surface area contributed by atoms with Gasteiger partial charge in [0.2, 0.25) is 6.04 Å². The van der Waals surface area contributed by atoms with Gasteiger partial charge >= 0.3 is 0 Å². The minimum Gasteiger partial charge on any atom is -0.378 e. The van der Waals surface area contributed by atoms with Crippen LogP contribution in [0.15, 0.2) is 12.2 Å². The van der Waals surface area contributed by atoms with Crippen LogP contribution in [-0.2, 0) is 4.74 Å². The lowest BCUT2D eigenvalue weighted by Gasteiger charge is -2.29. The zero-order chi connectivity index (χ0) is 18.9. The van der Waals surface area contributed by atoms with Crippen LogP contribution in [0.25, 0.3) is 0 Å². The molecule has 2 saturated carbocycles. The smallest absolute Gasteiger partial charge is 0.232 e. The van der Waals surface area contributed by atoms with Gasteiger partial charge in [0, 0.05) is 24.5 Å². The Kier molecular flexibility index (Phi) is 8.78. The number of nitro groups is 1. The second-order valence-electron chi connectivity index (χ2n) is 7.69. The third-order valence-electron chi connectivity index (χ3n) is 5.65. The Morgan fingerprint density at radius 2 is 1.92 bits per heavy atom. The van der Waals surface area contributed by atoms with Crippen molar-refractivity contribution in [3.8, 4) is 0 Å². The lowest BCUT2D eigenvalue weighted by molar-refractivity contribution is -0.529. The highest BCUT2D eigenvalue weighted by molar-refractivity contribution is 7.80. The fourth-order valence-corrected chi connectivity index (χ4v) is 4.25. The predicted octanol–water partition coefficient (Wildman–Crippen LogP) is 3.58. The van der Waals surface area contributed by atoms with Gasteiger partial charge in [-0.1, -0.05) is 18.6 Å². The van der Waals surface area contributed by atoms with E-state index in [2.05, 4.69) is 24.1 Å². The van der Waals surface area contributed by atoms with Crippen LogP contribution in [0.3, 0.4) is 0 Å². The number of nitrogens with one attached hydrogen (secondary N) is 2. The lowest BCUT2D eigenvalue weighted by Crippen LogP contribution is -2.51. The average molecular weight is 384 g/mol. The number of allylic oxidation sites excluding steroid dienone is 1. The molecule has 0 spiro atoms. The van der Waals surface area contributed by atoms with Crippen LogP contribution in [0.4, 0.5) is 0 Å². The van der Waals surface area contributed by atoms with E-state index in [1.165, 1.54) is 18.4 Å². The first-order chi connectivity index (χ1) is 12.5. The van der Waals surface area contributed by atoms with Crippen molar-refractivity contribution >= 4 is 17.3 Å². The van der Waals surface area contributed by atoms with Gasteiger partial charge < -0.3 is 15.4 Å². The molecule has 0 bridgehead atoms. The molecule has 0 aromatic heterocycles. The van der Waals surface area contributed by atoms with Gasteiger partial charge in [0.15, 0.2) is 5.11 Å². The molecule has 2 aliphatic rings. The van der Waals surface area contributed by atoms with Crippen molar-refractivity contribution in [3.63, 3.8) is 0 Å². The first-order valence-electron chi connectivity index (χ1n) is 9.92. The molecule has 6 nitrogen and oxygen atoms in total. The first-order valence-corrected chi connectivity index (χ1v) is 10.3. The van der Waals surface area contributed by atoms with Crippen molar-refractivity contribution in [3.05, 3.63) is 22.3 Å². The predicted molar refractivity (Wildman–Crippen MR) is 108 cm³/mol. The Morgan fingerprint density at radius 1 is 1.23 bits per heavy atom. The number of nitrogens with zero attached hydrogens (tertiary/aromatic N) is 1. The van der Waals surface area contributed by atoms with Crippen LogP contribution in [-0.4, -0.2) is 41.4 Å². The van der Waals surface area contributed by atoms with Crippen molar-refractivity contribution in [1.82, 2.24) is 10.6 Å². The van der Waals surface area contributed by atoms with Gasteiger partial charge in [-0.25, -0.2) is 0 Å². The van der Waals surface area contributed by atoms with E-state index in [-0.39, 0.29) is 11.0 Å². The van der Waals surface area contributed by atoms with Gasteiger partial charge in [-0.05, 0) is 70.0 Å². The summed E-state index contributed by atoms with van der Waals surface area (Å²) in [5.41, 5.74) is 1.30. The Morgan fingerprint density at radius 3 is 2.58 bits per heavy atom. The topological polar surface area (TPSA) is 76.4 Å². The van der Waals surface area contributed by atoms with E-state index < -0.39 is 6.04 Å². The maximum absolute atomic E-state index is 11.1. The van der Waals surface area contributed by atoms with Gasteiger partial charge in [-0.2, -0.15) is 0 Å². The molecule has 7 heteroatoms. The maximum atomic E-state index is 11.1. The summed E-state index contributed by atoms with van der Waals surface area (Å²) < 4.78 is 5.97. The summed E-state index contributed by atoms with van der Waals surface area (Å²) in [6.07, 6.45) is 9.25. The summed E-state index contributed by atoms with van der Waals surface area (Å²) in [5.74, 6) is 0.669. The Labute approximate surface area is 162 Å². The molecule has 2 unspecified atom stereocenters. The summed E-state index contributed by atoms with van der Waals surface area (Å²) in [4.78, 5) is 11.0. The van der Waals surface area contributed by atoms with Gasteiger partial charge in [-0.3, -0.25) is 10.1 Å². The molecule has 148 valence electrons. The normalized spacial score (nSPS) is 29.0. The zero-order valence-electron chi connectivity index (χ0n) is 15.9. The summed E-state index contributed by atoms with van der Waals surface area (Å²) in [6, 6.07) is -0.681. The molecule has 0 radical (unpaired) electrons. The second-order valence-corrected chi connectivity index (χ2v) is 8.10. The minimum absolute atomic E-state index is 0.154. The van der Waals surface area contributed by atoms with E-state index in [1.54, 1.807) is 0 Å². The molecular formula is C19H33N3O3S. The van der Waals surface area contributed by atoms with E-state index in [1.807, 2.05) is 0 Å². The molecule has 2 N–H and O–H groups in total. The van der Waals surface area contributed by atoms with Crippen molar-refractivity contribution in [2.24, 2.45) is 5.92 Å². The van der Waals surface area contributed by atoms with Crippen LogP contribution in [0, 0.1) is 16.0 Å². The van der Waals surface area contributed by atoms with Crippen molar-refractivity contribution in [1.29, 1.82) is 0 Å². The largest absolute Gasteiger partial charge is 0.378 e. The first kappa shape index (κ1) is 21.1. The van der Waals surface area contributed by atoms with Crippen LogP contribution in [0.5, 0.6) is 0 Å². The van der Waals surface area contributed by atoms with Crippen molar-refractivity contribution in [2.75, 3.05) is 13.2 Å². The SMILES string of the molecule is C=C(C)C1CCC(OCCCNC(=S)NC2CCCCC2[N+](=O)[O-])CC1. The molecule has 2 rings (SSSR count). The molecule has 0 heterocycles. The Hall–Kier alpha value is -1.21. The number of hydrogen-bond donors (Lipinski definition) is 2. The quantitative estimate of drug-likeness (QED) is 0.219. The average Bonchev–Trinajstić information content (AvgIpc) is 2.62. The van der Waals surface area contributed by atoms with Gasteiger partial charge in [-0.15, -0.1) is 0 Å². The van der Waals surface area contributed by atoms with E-state index in [4.69, 9.17) is 17.0 Å². The molecule has 0 amide bonds. The number of thiocarbonyl (C=S) groups is 1. The van der Waals surface area contributed by atoms with E-state index in [0.717, 1.165) is 51.7 Å². The number of rotatable bonds is 8. The van der Waals surface area contributed by atoms with Crippen molar-refractivity contribution < 1.29 is 9.66 Å². The highest BCUT2D eigenvalue weighted by Gasteiger charge is 2.34. The molecule has 0 aromatic rings. The minimum atomic E-state index is -0.527. The highest BCUT2D eigenvalue weighted by atomic mass is 32.1. The van der Waals surface area contributed by atoms with Crippen LogP contribution >= 0.6 is 12.2 Å². The third-order valence-corrected chi connectivity index (χ3v) is 5.91. The van der Waals surface area contributed by atoms with E-state index in [0.29, 0.717) is 23.6 Å². The lowest BCUT2D eigenvalue weighted by atomic mass is 9.83. The zero-order valence-corrected chi connectivity index (χ0v) is 16.7. The molecular weight excluding hydrogens is 350 g/mol.